The normalized spacial score (nSPS) is 11.1. The van der Waals surface area contributed by atoms with Gasteiger partial charge in [0.15, 0.2) is 0 Å². The van der Waals surface area contributed by atoms with E-state index < -0.39 is 4.92 Å². The molecular weight excluding hydrogens is 316 g/mol. The number of nitro benzene ring substituents is 1. The number of rotatable bonds is 1. The fourth-order valence-corrected chi connectivity index (χ4v) is 3.19. The van der Waals surface area contributed by atoms with Crippen molar-refractivity contribution in [1.82, 2.24) is 4.98 Å². The minimum atomic E-state index is -0.539. The van der Waals surface area contributed by atoms with E-state index in [1.807, 2.05) is 0 Å². The van der Waals surface area contributed by atoms with Crippen molar-refractivity contribution in [2.24, 2.45) is 0 Å². The molecule has 0 aliphatic rings. The highest BCUT2D eigenvalue weighted by Gasteiger charge is 2.25. The fourth-order valence-electron chi connectivity index (χ4n) is 1.52. The van der Waals surface area contributed by atoms with Crippen molar-refractivity contribution in [1.29, 1.82) is 0 Å². The quantitative estimate of drug-likeness (QED) is 0.276. The molecule has 1 heterocycles. The SMILES string of the molecule is O=[N+]([O-])c1c(S)c(S)c2[nH]c(S)c(S)c2c1S. The Kier molecular flexibility index (Phi) is 3.56. The van der Waals surface area contributed by atoms with E-state index in [0.29, 0.717) is 25.7 Å². The third-order valence-electron chi connectivity index (χ3n) is 2.28. The van der Waals surface area contributed by atoms with Crippen LogP contribution in [0.5, 0.6) is 0 Å². The Hall–Kier alpha value is -0.0900. The zero-order valence-electron chi connectivity index (χ0n) is 8.00. The molecule has 2 aromatic rings. The maximum absolute atomic E-state index is 11.0. The van der Waals surface area contributed by atoms with Crippen LogP contribution in [0.1, 0.15) is 0 Å². The highest BCUT2D eigenvalue weighted by atomic mass is 32.1. The van der Waals surface area contributed by atoms with Crippen LogP contribution in [0.15, 0.2) is 24.6 Å². The molecule has 0 saturated carbocycles. The van der Waals surface area contributed by atoms with Crippen LogP contribution in [-0.2, 0) is 0 Å². The van der Waals surface area contributed by atoms with Crippen LogP contribution in [0, 0.1) is 10.1 Å². The lowest BCUT2D eigenvalue weighted by Crippen LogP contribution is -1.94. The average molecular weight is 322 g/mol. The molecule has 0 aliphatic carbocycles. The van der Waals surface area contributed by atoms with Gasteiger partial charge >= 0.3 is 0 Å². The molecule has 0 aliphatic heterocycles. The van der Waals surface area contributed by atoms with E-state index in [1.165, 1.54) is 0 Å². The molecule has 0 fully saturated rings. The molecule has 1 aromatic heterocycles. The smallest absolute Gasteiger partial charge is 0.297 e. The molecule has 0 bridgehead atoms. The third kappa shape index (κ3) is 1.93. The molecule has 4 nitrogen and oxygen atoms in total. The summed E-state index contributed by atoms with van der Waals surface area (Å²) < 4.78 is 0. The first kappa shape index (κ1) is 13.3. The summed E-state index contributed by atoms with van der Waals surface area (Å²) >= 11 is 20.9. The van der Waals surface area contributed by atoms with Crippen LogP contribution in [0.25, 0.3) is 10.9 Å². The molecule has 0 radical (unpaired) electrons. The second-order valence-corrected chi connectivity index (χ2v) is 5.46. The molecule has 17 heavy (non-hydrogen) atoms. The molecular formula is C8H6N2O2S5. The summed E-state index contributed by atoms with van der Waals surface area (Å²) in [6, 6.07) is 0. The Morgan fingerprint density at radius 1 is 0.941 bits per heavy atom. The number of benzene rings is 1. The van der Waals surface area contributed by atoms with Gasteiger partial charge in [0.25, 0.3) is 5.69 Å². The minimum Gasteiger partial charge on any atom is -0.348 e. The van der Waals surface area contributed by atoms with Crippen molar-refractivity contribution < 1.29 is 4.92 Å². The van der Waals surface area contributed by atoms with E-state index in [9.17, 15) is 10.1 Å². The Bertz CT molecular complexity index is 651. The maximum atomic E-state index is 11.0. The van der Waals surface area contributed by atoms with E-state index in [1.54, 1.807) is 0 Å². The number of hydrogen-bond acceptors (Lipinski definition) is 7. The molecule has 0 saturated heterocycles. The predicted molar refractivity (Wildman–Crippen MR) is 81.2 cm³/mol. The molecule has 1 aromatic carbocycles. The number of nitro groups is 1. The molecule has 90 valence electrons. The van der Waals surface area contributed by atoms with Gasteiger partial charge in [-0.05, 0) is 0 Å². The van der Waals surface area contributed by atoms with Gasteiger partial charge < -0.3 is 4.98 Å². The fraction of sp³-hybridized carbons (Fsp3) is 0. The van der Waals surface area contributed by atoms with Crippen LogP contribution in [-0.4, -0.2) is 9.91 Å². The van der Waals surface area contributed by atoms with Crippen LogP contribution in [0.3, 0.4) is 0 Å². The first-order chi connectivity index (χ1) is 7.86. The molecule has 0 spiro atoms. The first-order valence-electron chi connectivity index (χ1n) is 4.21. The zero-order valence-corrected chi connectivity index (χ0v) is 12.5. The van der Waals surface area contributed by atoms with E-state index in [4.69, 9.17) is 0 Å². The van der Waals surface area contributed by atoms with Gasteiger partial charge in [0, 0.05) is 15.2 Å². The number of aromatic nitrogens is 1. The van der Waals surface area contributed by atoms with Gasteiger partial charge in [-0.2, -0.15) is 0 Å². The summed E-state index contributed by atoms with van der Waals surface area (Å²) in [4.78, 5) is 14.6. The summed E-state index contributed by atoms with van der Waals surface area (Å²) in [6.45, 7) is 0. The molecule has 0 amide bonds. The summed E-state index contributed by atoms with van der Waals surface area (Å²) in [5.74, 6) is 0. The predicted octanol–water partition coefficient (Wildman–Crippen LogP) is 3.52. The monoisotopic (exact) mass is 322 g/mol. The maximum Gasteiger partial charge on any atom is 0.297 e. The van der Waals surface area contributed by atoms with Crippen LogP contribution in [0.2, 0.25) is 0 Å². The number of aromatic amines is 1. The highest BCUT2D eigenvalue weighted by molar-refractivity contribution is 7.84. The summed E-state index contributed by atoms with van der Waals surface area (Å²) in [7, 11) is 0. The Morgan fingerprint density at radius 3 is 2.06 bits per heavy atom. The third-order valence-corrected chi connectivity index (χ3v) is 4.74. The van der Waals surface area contributed by atoms with Crippen molar-refractivity contribution in [2.45, 2.75) is 24.6 Å². The van der Waals surface area contributed by atoms with Crippen molar-refractivity contribution >= 4 is 79.7 Å². The molecule has 0 atom stereocenters. The molecule has 1 N–H and O–H groups in total. The number of hydrogen-bond donors (Lipinski definition) is 6. The van der Waals surface area contributed by atoms with Gasteiger partial charge in [0.1, 0.15) is 0 Å². The number of nitrogens with one attached hydrogen (secondary N) is 1. The number of thiol groups is 5. The Balaban J connectivity index is 3.06. The number of H-pyrrole nitrogens is 1. The summed E-state index contributed by atoms with van der Waals surface area (Å²) in [5, 5.41) is 12.0. The van der Waals surface area contributed by atoms with Crippen LogP contribution >= 0.6 is 63.1 Å². The topological polar surface area (TPSA) is 58.9 Å². The van der Waals surface area contributed by atoms with Gasteiger partial charge in [0.05, 0.1) is 25.3 Å². The first-order valence-corrected chi connectivity index (χ1v) is 6.44. The van der Waals surface area contributed by atoms with Gasteiger partial charge in [-0.1, -0.05) is 0 Å². The summed E-state index contributed by atoms with van der Waals surface area (Å²) in [6.07, 6.45) is 0. The highest BCUT2D eigenvalue weighted by Crippen LogP contribution is 2.45. The minimum absolute atomic E-state index is 0.166. The van der Waals surface area contributed by atoms with E-state index in [-0.39, 0.29) is 15.5 Å². The Morgan fingerprint density at radius 2 is 1.53 bits per heavy atom. The molecule has 2 rings (SSSR count). The van der Waals surface area contributed by atoms with Crippen molar-refractivity contribution in [3.63, 3.8) is 0 Å². The van der Waals surface area contributed by atoms with Crippen LogP contribution in [0.4, 0.5) is 5.69 Å². The van der Waals surface area contributed by atoms with Gasteiger partial charge in [-0.3, -0.25) is 10.1 Å². The second-order valence-electron chi connectivity index (χ2n) is 3.22. The Labute approximate surface area is 124 Å². The van der Waals surface area contributed by atoms with E-state index in [2.05, 4.69) is 68.1 Å². The van der Waals surface area contributed by atoms with Crippen molar-refractivity contribution in [2.75, 3.05) is 0 Å². The van der Waals surface area contributed by atoms with Gasteiger partial charge in [-0.25, -0.2) is 0 Å². The average Bonchev–Trinajstić information content (AvgIpc) is 2.52. The van der Waals surface area contributed by atoms with Gasteiger partial charge in [-0.15, -0.1) is 63.1 Å². The number of nitrogens with zero attached hydrogens (tertiary/aromatic N) is 1. The zero-order chi connectivity index (χ0) is 12.9. The van der Waals surface area contributed by atoms with Crippen molar-refractivity contribution in [3.05, 3.63) is 10.1 Å². The lowest BCUT2D eigenvalue weighted by Gasteiger charge is -2.05. The molecule has 0 unspecified atom stereocenters. The van der Waals surface area contributed by atoms with E-state index >= 15 is 0 Å². The second kappa shape index (κ2) is 4.54. The van der Waals surface area contributed by atoms with E-state index in [0.717, 1.165) is 0 Å². The van der Waals surface area contributed by atoms with Crippen LogP contribution < -0.4 is 0 Å². The lowest BCUT2D eigenvalue weighted by atomic mass is 10.2. The molecule has 9 heteroatoms. The number of fused-ring (bicyclic) bond motifs is 1. The summed E-state index contributed by atoms with van der Waals surface area (Å²) in [5.41, 5.74) is 0.403. The van der Waals surface area contributed by atoms with Crippen molar-refractivity contribution in [3.8, 4) is 0 Å². The standard InChI is InChI=1S/C8H6N2O2S5/c11-10(12)3-4(13)1-2(6(15)7(3)16)9-8(17)5(1)14/h9,13-17H. The lowest BCUT2D eigenvalue weighted by molar-refractivity contribution is -0.390. The van der Waals surface area contributed by atoms with Gasteiger partial charge in [0.2, 0.25) is 0 Å². The largest absolute Gasteiger partial charge is 0.348 e.